The van der Waals surface area contributed by atoms with Crippen LogP contribution in [0.25, 0.3) is 0 Å². The Bertz CT molecular complexity index is 936. The summed E-state index contributed by atoms with van der Waals surface area (Å²) in [7, 11) is 0. The molecule has 3 aromatic rings. The number of rotatable bonds is 12. The average Bonchev–Trinajstić information content (AvgIpc) is 2.80. The summed E-state index contributed by atoms with van der Waals surface area (Å²) in [5.41, 5.74) is 1.81. The predicted octanol–water partition coefficient (Wildman–Crippen LogP) is 3.70. The molecule has 0 unspecified atom stereocenters. The lowest BCUT2D eigenvalue weighted by molar-refractivity contribution is -0.118. The second kappa shape index (κ2) is 12.2. The Hall–Kier alpha value is -3.58. The van der Waals surface area contributed by atoms with E-state index in [1.807, 2.05) is 73.7 Å². The largest absolute Gasteiger partial charge is 0.490 e. The zero-order chi connectivity index (χ0) is 21.7. The fraction of sp³-hybridized carbons (Fsp3) is 0.250. The van der Waals surface area contributed by atoms with Gasteiger partial charge in [0.1, 0.15) is 5.82 Å². The van der Waals surface area contributed by atoms with Crippen LogP contribution in [0.4, 0.5) is 11.5 Å². The molecule has 31 heavy (non-hydrogen) atoms. The number of hydrogen-bond acceptors (Lipinski definition) is 6. The number of amides is 1. The quantitative estimate of drug-likeness (QED) is 0.388. The molecule has 0 aliphatic rings. The van der Waals surface area contributed by atoms with Crippen molar-refractivity contribution in [3.05, 3.63) is 78.5 Å². The maximum atomic E-state index is 12.1. The maximum Gasteiger partial charge on any atom is 0.262 e. The summed E-state index contributed by atoms with van der Waals surface area (Å²) in [6.45, 7) is 4.59. The smallest absolute Gasteiger partial charge is 0.262 e. The van der Waals surface area contributed by atoms with E-state index in [0.717, 1.165) is 30.2 Å². The van der Waals surface area contributed by atoms with Gasteiger partial charge in [0.2, 0.25) is 0 Å². The highest BCUT2D eigenvalue weighted by molar-refractivity contribution is 5.91. The fourth-order valence-corrected chi connectivity index (χ4v) is 2.89. The monoisotopic (exact) mass is 420 g/mol. The van der Waals surface area contributed by atoms with E-state index >= 15 is 0 Å². The lowest BCUT2D eigenvalue weighted by atomic mass is 10.2. The second-order valence-corrected chi connectivity index (χ2v) is 6.74. The van der Waals surface area contributed by atoms with Gasteiger partial charge in [-0.25, -0.2) is 4.98 Å². The van der Waals surface area contributed by atoms with E-state index in [4.69, 9.17) is 9.47 Å². The molecule has 0 aliphatic carbocycles. The lowest BCUT2D eigenvalue weighted by Gasteiger charge is -2.14. The summed E-state index contributed by atoms with van der Waals surface area (Å²) < 4.78 is 11.4. The van der Waals surface area contributed by atoms with E-state index in [0.29, 0.717) is 24.7 Å². The van der Waals surface area contributed by atoms with E-state index in [1.165, 1.54) is 0 Å². The first-order valence-electron chi connectivity index (χ1n) is 10.3. The molecule has 0 spiro atoms. The van der Waals surface area contributed by atoms with Gasteiger partial charge in [0.15, 0.2) is 18.1 Å². The number of pyridine rings is 1. The van der Waals surface area contributed by atoms with Crippen LogP contribution < -0.4 is 25.4 Å². The minimum absolute atomic E-state index is 0.0915. The Morgan fingerprint density at radius 2 is 1.77 bits per heavy atom. The van der Waals surface area contributed by atoms with Crippen LogP contribution in [0.1, 0.15) is 12.5 Å². The molecule has 1 amide bonds. The van der Waals surface area contributed by atoms with Gasteiger partial charge in [-0.3, -0.25) is 4.79 Å². The van der Waals surface area contributed by atoms with Crippen LogP contribution >= 0.6 is 0 Å². The third kappa shape index (κ3) is 7.64. The molecule has 0 radical (unpaired) electrons. The minimum Gasteiger partial charge on any atom is -0.490 e. The summed E-state index contributed by atoms with van der Waals surface area (Å²) in [6.07, 6.45) is 1.76. The van der Waals surface area contributed by atoms with Crippen LogP contribution in [0, 0.1) is 0 Å². The summed E-state index contributed by atoms with van der Waals surface area (Å²) in [4.78, 5) is 16.4. The van der Waals surface area contributed by atoms with E-state index in [2.05, 4.69) is 20.9 Å². The van der Waals surface area contributed by atoms with Gasteiger partial charge < -0.3 is 25.4 Å². The van der Waals surface area contributed by atoms with Crippen LogP contribution in [-0.2, 0) is 11.3 Å². The number of carbonyl (C=O) groups excluding carboxylic acids is 1. The van der Waals surface area contributed by atoms with Crippen molar-refractivity contribution >= 4 is 17.4 Å². The molecule has 0 fully saturated rings. The molecule has 0 bridgehead atoms. The summed E-state index contributed by atoms with van der Waals surface area (Å²) >= 11 is 0. The summed E-state index contributed by atoms with van der Waals surface area (Å²) in [5.74, 6) is 1.81. The predicted molar refractivity (Wildman–Crippen MR) is 123 cm³/mol. The molecule has 2 aromatic carbocycles. The zero-order valence-electron chi connectivity index (χ0n) is 17.6. The molecule has 0 saturated carbocycles. The van der Waals surface area contributed by atoms with Gasteiger partial charge in [0.25, 0.3) is 5.91 Å². The molecule has 0 atom stereocenters. The first kappa shape index (κ1) is 22.1. The second-order valence-electron chi connectivity index (χ2n) is 6.74. The van der Waals surface area contributed by atoms with Gasteiger partial charge in [-0.15, -0.1) is 0 Å². The molecule has 0 saturated heterocycles. The number of hydrogen-bond donors (Lipinski definition) is 3. The Kier molecular flexibility index (Phi) is 8.70. The molecule has 7 nitrogen and oxygen atoms in total. The molecular weight excluding hydrogens is 392 g/mol. The van der Waals surface area contributed by atoms with E-state index in [1.54, 1.807) is 6.20 Å². The Labute approximate surface area is 182 Å². The third-order valence-electron chi connectivity index (χ3n) is 4.33. The van der Waals surface area contributed by atoms with Crippen molar-refractivity contribution in [3.63, 3.8) is 0 Å². The maximum absolute atomic E-state index is 12.1. The normalized spacial score (nSPS) is 10.4. The fourth-order valence-electron chi connectivity index (χ4n) is 2.89. The van der Waals surface area contributed by atoms with Crippen molar-refractivity contribution in [2.24, 2.45) is 0 Å². The highest BCUT2D eigenvalue weighted by atomic mass is 16.5. The van der Waals surface area contributed by atoms with Crippen molar-refractivity contribution in [1.82, 2.24) is 10.3 Å². The highest BCUT2D eigenvalue weighted by Crippen LogP contribution is 2.28. The molecule has 1 heterocycles. The van der Waals surface area contributed by atoms with Crippen molar-refractivity contribution in [2.75, 3.05) is 36.9 Å². The number of ether oxygens (including phenoxy) is 2. The van der Waals surface area contributed by atoms with Gasteiger partial charge in [0.05, 0.1) is 6.61 Å². The van der Waals surface area contributed by atoms with Crippen molar-refractivity contribution < 1.29 is 14.3 Å². The molecule has 162 valence electrons. The Morgan fingerprint density at radius 3 is 2.55 bits per heavy atom. The number of benzene rings is 2. The first-order valence-corrected chi connectivity index (χ1v) is 10.3. The van der Waals surface area contributed by atoms with Gasteiger partial charge >= 0.3 is 0 Å². The lowest BCUT2D eigenvalue weighted by Crippen LogP contribution is -2.22. The van der Waals surface area contributed by atoms with Crippen molar-refractivity contribution in [1.29, 1.82) is 0 Å². The van der Waals surface area contributed by atoms with Crippen LogP contribution in [0.3, 0.4) is 0 Å². The van der Waals surface area contributed by atoms with Crippen molar-refractivity contribution in [3.8, 4) is 11.5 Å². The number of para-hydroxylation sites is 1. The molecule has 7 heteroatoms. The highest BCUT2D eigenvalue weighted by Gasteiger charge is 2.10. The zero-order valence-corrected chi connectivity index (χ0v) is 17.6. The molecule has 0 aliphatic heterocycles. The number of aromatic nitrogens is 1. The standard InChI is InChI=1S/C24H28N4O3/c1-2-30-22-16-19(17-25-14-15-27-23-10-6-7-13-26-23)11-12-21(22)31-18-24(29)28-20-8-4-3-5-9-20/h3-13,16,25H,2,14-15,17-18H2,1H3,(H,26,27)(H,28,29). The molecule has 3 rings (SSSR count). The molecule has 1 aromatic heterocycles. The van der Waals surface area contributed by atoms with Gasteiger partial charge in [0, 0.05) is 31.5 Å². The van der Waals surface area contributed by atoms with E-state index in [9.17, 15) is 4.79 Å². The van der Waals surface area contributed by atoms with E-state index < -0.39 is 0 Å². The molecular formula is C24H28N4O3. The number of nitrogens with one attached hydrogen (secondary N) is 3. The number of anilines is 2. The van der Waals surface area contributed by atoms with Gasteiger partial charge in [-0.1, -0.05) is 30.3 Å². The Morgan fingerprint density at radius 1 is 0.935 bits per heavy atom. The Balaban J connectivity index is 1.46. The summed E-state index contributed by atoms with van der Waals surface area (Å²) in [5, 5.41) is 9.45. The van der Waals surface area contributed by atoms with E-state index in [-0.39, 0.29) is 12.5 Å². The third-order valence-corrected chi connectivity index (χ3v) is 4.33. The topological polar surface area (TPSA) is 84.5 Å². The van der Waals surface area contributed by atoms with Crippen LogP contribution in [-0.4, -0.2) is 37.2 Å². The van der Waals surface area contributed by atoms with Crippen LogP contribution in [0.15, 0.2) is 72.9 Å². The van der Waals surface area contributed by atoms with Gasteiger partial charge in [-0.2, -0.15) is 0 Å². The average molecular weight is 421 g/mol. The first-order chi connectivity index (χ1) is 15.2. The SMILES string of the molecule is CCOc1cc(CNCCNc2ccccn2)ccc1OCC(=O)Nc1ccccc1. The van der Waals surface area contributed by atoms with Gasteiger partial charge in [-0.05, 0) is 48.9 Å². The summed E-state index contributed by atoms with van der Waals surface area (Å²) in [6, 6.07) is 20.8. The molecule has 3 N–H and O–H groups in total. The van der Waals surface area contributed by atoms with Crippen molar-refractivity contribution in [2.45, 2.75) is 13.5 Å². The number of carbonyl (C=O) groups is 1. The van der Waals surface area contributed by atoms with Crippen LogP contribution in [0.2, 0.25) is 0 Å². The number of nitrogens with zero attached hydrogens (tertiary/aromatic N) is 1. The van der Waals surface area contributed by atoms with Crippen LogP contribution in [0.5, 0.6) is 11.5 Å². The minimum atomic E-state index is -0.222.